The van der Waals surface area contributed by atoms with Crippen LogP contribution in [0.1, 0.15) is 15.9 Å². The minimum absolute atomic E-state index is 0.168. The van der Waals surface area contributed by atoms with Gasteiger partial charge in [-0.2, -0.15) is 0 Å². The number of carbonyl (C=O) groups is 1. The quantitative estimate of drug-likeness (QED) is 0.641. The Morgan fingerprint density at radius 1 is 1.47 bits per heavy atom. The average Bonchev–Trinajstić information content (AvgIpc) is 2.26. The first-order valence-electron chi connectivity index (χ1n) is 5.09. The van der Waals surface area contributed by atoms with Gasteiger partial charge in [0.25, 0.3) is 0 Å². The maximum absolute atomic E-state index is 11.1. The molecule has 1 N–H and O–H groups in total. The van der Waals surface area contributed by atoms with Crippen molar-refractivity contribution in [2.75, 3.05) is 21.2 Å². The highest BCUT2D eigenvalue weighted by Gasteiger charge is 2.14. The van der Waals surface area contributed by atoms with Gasteiger partial charge in [0.1, 0.15) is 5.75 Å². The highest BCUT2D eigenvalue weighted by atomic mass is 16.5. The van der Waals surface area contributed by atoms with Crippen LogP contribution in [0.2, 0.25) is 0 Å². The molecule has 0 atom stereocenters. The second-order valence-corrected chi connectivity index (χ2v) is 3.80. The molecule has 0 unspecified atom stereocenters. The summed E-state index contributed by atoms with van der Waals surface area (Å²) >= 11 is 0. The number of aromatic carboxylic acids is 1. The van der Waals surface area contributed by atoms with E-state index in [2.05, 4.69) is 4.99 Å². The summed E-state index contributed by atoms with van der Waals surface area (Å²) in [5.41, 5.74) is 1.30. The van der Waals surface area contributed by atoms with E-state index in [1.165, 1.54) is 6.07 Å². The van der Waals surface area contributed by atoms with Crippen LogP contribution in [0.3, 0.4) is 0 Å². The molecule has 0 amide bonds. The molecule has 0 aliphatic heterocycles. The maximum Gasteiger partial charge on any atom is 0.337 e. The normalized spacial score (nSPS) is 10.6. The van der Waals surface area contributed by atoms with Crippen molar-refractivity contribution >= 4 is 18.0 Å². The summed E-state index contributed by atoms with van der Waals surface area (Å²) in [5.74, 6) is -0.373. The molecule has 1 aromatic carbocycles. The molecule has 0 fully saturated rings. The molecule has 5 nitrogen and oxygen atoms in total. The molecule has 92 valence electrons. The van der Waals surface area contributed by atoms with Gasteiger partial charge in [-0.1, -0.05) is 0 Å². The van der Waals surface area contributed by atoms with Crippen molar-refractivity contribution in [2.24, 2.45) is 4.99 Å². The van der Waals surface area contributed by atoms with Crippen LogP contribution in [0, 0.1) is 6.92 Å². The smallest absolute Gasteiger partial charge is 0.337 e. The number of benzene rings is 1. The Labute approximate surface area is 100 Å². The van der Waals surface area contributed by atoms with Crippen LogP contribution < -0.4 is 4.74 Å². The van der Waals surface area contributed by atoms with Crippen LogP contribution in [0.25, 0.3) is 0 Å². The van der Waals surface area contributed by atoms with E-state index in [-0.39, 0.29) is 5.56 Å². The molecule has 5 heteroatoms. The molecule has 1 aromatic rings. The van der Waals surface area contributed by atoms with E-state index in [4.69, 9.17) is 9.84 Å². The summed E-state index contributed by atoms with van der Waals surface area (Å²) in [6.07, 6.45) is 1.56. The number of carboxylic acid groups (broad SMARTS) is 1. The topological polar surface area (TPSA) is 62.1 Å². The first kappa shape index (κ1) is 13.0. The van der Waals surface area contributed by atoms with E-state index >= 15 is 0 Å². The average molecular weight is 236 g/mol. The van der Waals surface area contributed by atoms with Crippen molar-refractivity contribution in [1.82, 2.24) is 4.90 Å². The van der Waals surface area contributed by atoms with Crippen molar-refractivity contribution in [3.8, 4) is 5.75 Å². The number of hydrogen-bond donors (Lipinski definition) is 1. The largest absolute Gasteiger partial charge is 0.496 e. The van der Waals surface area contributed by atoms with Crippen LogP contribution in [0.15, 0.2) is 17.1 Å². The lowest BCUT2D eigenvalue weighted by molar-refractivity contribution is 0.0697. The second-order valence-electron chi connectivity index (χ2n) is 3.80. The Balaban J connectivity index is 3.34. The minimum atomic E-state index is -0.998. The molecule has 1 rings (SSSR count). The predicted octanol–water partition coefficient (Wildman–Crippen LogP) is 1.92. The molecule has 17 heavy (non-hydrogen) atoms. The highest BCUT2D eigenvalue weighted by Crippen LogP contribution is 2.31. The van der Waals surface area contributed by atoms with Crippen LogP contribution in [-0.2, 0) is 0 Å². The van der Waals surface area contributed by atoms with Gasteiger partial charge in [-0.3, -0.25) is 0 Å². The van der Waals surface area contributed by atoms with Gasteiger partial charge in [0.15, 0.2) is 0 Å². The van der Waals surface area contributed by atoms with Crippen molar-refractivity contribution in [2.45, 2.75) is 6.92 Å². The maximum atomic E-state index is 11.1. The summed E-state index contributed by atoms with van der Waals surface area (Å²) in [4.78, 5) is 17.0. The lowest BCUT2D eigenvalue weighted by Crippen LogP contribution is -2.08. The summed E-state index contributed by atoms with van der Waals surface area (Å²) < 4.78 is 5.15. The standard InChI is InChI=1S/C12H16N2O3/c1-8-10(17-4)6-5-9(12(15)16)11(8)13-7-14(2)3/h5-7H,1-4H3,(H,15,16). The first-order valence-corrected chi connectivity index (χ1v) is 5.09. The Bertz CT molecular complexity index is 453. The zero-order chi connectivity index (χ0) is 13.0. The second kappa shape index (κ2) is 5.34. The molecule has 0 aliphatic rings. The van der Waals surface area contributed by atoms with Crippen molar-refractivity contribution in [1.29, 1.82) is 0 Å². The van der Waals surface area contributed by atoms with E-state index in [0.29, 0.717) is 17.0 Å². The van der Waals surface area contributed by atoms with E-state index in [1.807, 2.05) is 14.1 Å². The molecule has 0 saturated carbocycles. The summed E-state index contributed by atoms with van der Waals surface area (Å²) in [6, 6.07) is 3.13. The highest BCUT2D eigenvalue weighted by molar-refractivity contribution is 5.95. The Kier molecular flexibility index (Phi) is 4.09. The summed E-state index contributed by atoms with van der Waals surface area (Å²) in [6.45, 7) is 1.79. The molecule has 0 spiro atoms. The van der Waals surface area contributed by atoms with Crippen LogP contribution >= 0.6 is 0 Å². The van der Waals surface area contributed by atoms with Crippen molar-refractivity contribution in [3.05, 3.63) is 23.3 Å². The number of nitrogens with zero attached hydrogens (tertiary/aromatic N) is 2. The number of ether oxygens (including phenoxy) is 1. The van der Waals surface area contributed by atoms with Gasteiger partial charge in [0.05, 0.1) is 24.7 Å². The third-order valence-corrected chi connectivity index (χ3v) is 2.25. The molecule has 0 heterocycles. The molecule has 0 aromatic heterocycles. The van der Waals surface area contributed by atoms with Crippen molar-refractivity contribution in [3.63, 3.8) is 0 Å². The fourth-order valence-corrected chi connectivity index (χ4v) is 1.41. The zero-order valence-electron chi connectivity index (χ0n) is 10.4. The SMILES string of the molecule is COc1ccc(C(=O)O)c(N=CN(C)C)c1C. The lowest BCUT2D eigenvalue weighted by Gasteiger charge is -2.11. The summed E-state index contributed by atoms with van der Waals surface area (Å²) in [5, 5.41) is 9.09. The summed E-state index contributed by atoms with van der Waals surface area (Å²) in [7, 11) is 5.18. The predicted molar refractivity (Wildman–Crippen MR) is 66.5 cm³/mol. The van der Waals surface area contributed by atoms with Crippen LogP contribution in [0.4, 0.5) is 5.69 Å². The van der Waals surface area contributed by atoms with Crippen LogP contribution in [-0.4, -0.2) is 43.5 Å². The molecular weight excluding hydrogens is 220 g/mol. The third kappa shape index (κ3) is 2.96. The van der Waals surface area contributed by atoms with Gasteiger partial charge in [0.2, 0.25) is 0 Å². The van der Waals surface area contributed by atoms with Gasteiger partial charge >= 0.3 is 5.97 Å². The van der Waals surface area contributed by atoms with E-state index < -0.39 is 5.97 Å². The number of methoxy groups -OCH3 is 1. The number of aliphatic imine (C=N–C) groups is 1. The lowest BCUT2D eigenvalue weighted by atomic mass is 10.1. The molecule has 0 saturated heterocycles. The number of carboxylic acids is 1. The van der Waals surface area contributed by atoms with E-state index in [9.17, 15) is 4.79 Å². The molecule has 0 aliphatic carbocycles. The third-order valence-electron chi connectivity index (χ3n) is 2.25. The van der Waals surface area contributed by atoms with Crippen molar-refractivity contribution < 1.29 is 14.6 Å². The van der Waals surface area contributed by atoms with Gasteiger partial charge < -0.3 is 14.7 Å². The molecule has 0 radical (unpaired) electrons. The zero-order valence-corrected chi connectivity index (χ0v) is 10.4. The van der Waals surface area contributed by atoms with Gasteiger partial charge in [-0.25, -0.2) is 9.79 Å². The number of hydrogen-bond acceptors (Lipinski definition) is 3. The van der Waals surface area contributed by atoms with Gasteiger partial charge in [0, 0.05) is 19.7 Å². The fraction of sp³-hybridized carbons (Fsp3) is 0.333. The molecule has 0 bridgehead atoms. The van der Waals surface area contributed by atoms with Crippen LogP contribution in [0.5, 0.6) is 5.75 Å². The Hall–Kier alpha value is -2.04. The fourth-order valence-electron chi connectivity index (χ4n) is 1.41. The van der Waals surface area contributed by atoms with E-state index in [1.54, 1.807) is 31.3 Å². The number of rotatable bonds is 4. The first-order chi connectivity index (χ1) is 7.97. The van der Waals surface area contributed by atoms with E-state index in [0.717, 1.165) is 0 Å². The molecular formula is C12H16N2O3. The Morgan fingerprint density at radius 2 is 2.12 bits per heavy atom. The van der Waals surface area contributed by atoms with Gasteiger partial charge in [-0.05, 0) is 19.1 Å². The minimum Gasteiger partial charge on any atom is -0.496 e. The monoisotopic (exact) mass is 236 g/mol. The van der Waals surface area contributed by atoms with Gasteiger partial charge in [-0.15, -0.1) is 0 Å². The Morgan fingerprint density at radius 3 is 2.59 bits per heavy atom.